The summed E-state index contributed by atoms with van der Waals surface area (Å²) in [5.41, 5.74) is 0. The van der Waals surface area contributed by atoms with E-state index in [1.165, 1.54) is 0 Å². The second-order valence-corrected chi connectivity index (χ2v) is 1.15. The van der Waals surface area contributed by atoms with Crippen molar-refractivity contribution in [2.45, 2.75) is 0 Å². The van der Waals surface area contributed by atoms with Crippen molar-refractivity contribution in [1.29, 1.82) is 0 Å². The Kier molecular flexibility index (Phi) is 8.59. The Morgan fingerprint density at radius 2 is 2.00 bits per heavy atom. The van der Waals surface area contributed by atoms with Crippen LogP contribution in [0.4, 0.5) is 0 Å². The van der Waals surface area contributed by atoms with Crippen molar-refractivity contribution in [3.63, 3.8) is 0 Å². The fourth-order valence-corrected chi connectivity index (χ4v) is 0. The third-order valence-electron chi connectivity index (χ3n) is 0.143. The summed E-state index contributed by atoms with van der Waals surface area (Å²) in [6.07, 6.45) is 0. The lowest BCUT2D eigenvalue weighted by molar-refractivity contribution is 0.379. The summed E-state index contributed by atoms with van der Waals surface area (Å²) in [4.78, 5) is 0. The zero-order chi connectivity index (χ0) is 4.28. The summed E-state index contributed by atoms with van der Waals surface area (Å²) in [5, 5.41) is 0. The molecular formula is CH5ClO3S. The van der Waals surface area contributed by atoms with Gasteiger partial charge in [-0.25, -0.2) is 0 Å². The van der Waals surface area contributed by atoms with Crippen LogP contribution >= 0.6 is 12.4 Å². The molecule has 0 rings (SSSR count). The van der Waals surface area contributed by atoms with E-state index in [1.807, 2.05) is 0 Å². The molecule has 0 aromatic heterocycles. The lowest BCUT2D eigenvalue weighted by atomic mass is 11.8. The Balaban J connectivity index is 0. The fourth-order valence-electron chi connectivity index (χ4n) is 0. The maximum absolute atomic E-state index is 9.26. The van der Waals surface area contributed by atoms with Gasteiger partial charge in [-0.3, -0.25) is 8.74 Å². The predicted molar refractivity (Wildman–Crippen MR) is 25.0 cm³/mol. The van der Waals surface area contributed by atoms with Crippen molar-refractivity contribution in [2.24, 2.45) is 0 Å². The van der Waals surface area contributed by atoms with E-state index in [1.54, 1.807) is 0 Å². The van der Waals surface area contributed by atoms with Gasteiger partial charge in [0.15, 0.2) is 0 Å². The summed E-state index contributed by atoms with van der Waals surface area (Å²) < 4.78 is 20.6. The molecule has 1 atom stereocenters. The highest BCUT2D eigenvalue weighted by molar-refractivity contribution is 7.74. The van der Waals surface area contributed by atoms with Crippen LogP contribution in [0.5, 0.6) is 0 Å². The minimum Gasteiger partial charge on any atom is -0.284 e. The van der Waals surface area contributed by atoms with Crippen LogP contribution < -0.4 is 0 Å². The van der Waals surface area contributed by atoms with Crippen LogP contribution in [0.25, 0.3) is 0 Å². The third kappa shape index (κ3) is 8.84. The Morgan fingerprint density at radius 3 is 2.00 bits per heavy atom. The summed E-state index contributed by atoms with van der Waals surface area (Å²) in [6.45, 7) is 0. The van der Waals surface area contributed by atoms with E-state index < -0.39 is 11.4 Å². The quantitative estimate of drug-likeness (QED) is 0.519. The minimum atomic E-state index is -2.07. The zero-order valence-corrected chi connectivity index (χ0v) is 4.71. The molecule has 6 heavy (non-hydrogen) atoms. The van der Waals surface area contributed by atoms with Crippen LogP contribution in [0.1, 0.15) is 0 Å². The SMILES string of the molecule is COS(=O)O.Cl. The molecular weight excluding hydrogens is 128 g/mol. The van der Waals surface area contributed by atoms with Crippen LogP contribution in [-0.2, 0) is 15.5 Å². The Bertz CT molecular complexity index is 46.1. The van der Waals surface area contributed by atoms with Crippen molar-refractivity contribution in [3.8, 4) is 0 Å². The van der Waals surface area contributed by atoms with E-state index in [0.29, 0.717) is 0 Å². The van der Waals surface area contributed by atoms with Gasteiger partial charge in [-0.2, -0.15) is 4.21 Å². The first-order chi connectivity index (χ1) is 2.27. The van der Waals surface area contributed by atoms with Gasteiger partial charge >= 0.3 is 11.4 Å². The van der Waals surface area contributed by atoms with Gasteiger partial charge < -0.3 is 0 Å². The second-order valence-electron chi connectivity index (χ2n) is 0.384. The van der Waals surface area contributed by atoms with Gasteiger partial charge in [0, 0.05) is 0 Å². The van der Waals surface area contributed by atoms with E-state index in [-0.39, 0.29) is 12.4 Å². The van der Waals surface area contributed by atoms with E-state index in [4.69, 9.17) is 4.55 Å². The molecule has 0 amide bonds. The van der Waals surface area contributed by atoms with E-state index >= 15 is 0 Å². The number of halogens is 1. The van der Waals surface area contributed by atoms with E-state index in [2.05, 4.69) is 4.18 Å². The average Bonchev–Trinajstić information content (AvgIpc) is 1.38. The van der Waals surface area contributed by atoms with Crippen LogP contribution in [0.3, 0.4) is 0 Å². The van der Waals surface area contributed by atoms with Crippen molar-refractivity contribution in [2.75, 3.05) is 7.11 Å². The second kappa shape index (κ2) is 5.36. The molecule has 0 saturated carbocycles. The van der Waals surface area contributed by atoms with Crippen molar-refractivity contribution >= 4 is 23.8 Å². The van der Waals surface area contributed by atoms with Gasteiger partial charge in [0.25, 0.3) is 0 Å². The molecule has 40 valence electrons. The Hall–Kier alpha value is 0.360. The molecule has 0 aliphatic carbocycles. The van der Waals surface area contributed by atoms with Gasteiger partial charge in [-0.15, -0.1) is 12.4 Å². The van der Waals surface area contributed by atoms with Crippen molar-refractivity contribution in [1.82, 2.24) is 0 Å². The molecule has 0 heterocycles. The van der Waals surface area contributed by atoms with E-state index in [9.17, 15) is 4.21 Å². The number of rotatable bonds is 1. The molecule has 0 aliphatic heterocycles. The highest BCUT2D eigenvalue weighted by Gasteiger charge is 1.75. The molecule has 5 heteroatoms. The maximum atomic E-state index is 9.26. The third-order valence-corrected chi connectivity index (χ3v) is 0.428. The summed E-state index contributed by atoms with van der Waals surface area (Å²) in [6, 6.07) is 0. The van der Waals surface area contributed by atoms with Gasteiger partial charge in [-0.05, 0) is 0 Å². The molecule has 0 aromatic rings. The van der Waals surface area contributed by atoms with Gasteiger partial charge in [0.2, 0.25) is 0 Å². The maximum Gasteiger partial charge on any atom is 0.301 e. The van der Waals surface area contributed by atoms with Crippen LogP contribution in [-0.4, -0.2) is 15.9 Å². The highest BCUT2D eigenvalue weighted by atomic mass is 35.5. The first kappa shape index (κ1) is 9.61. The molecule has 0 fully saturated rings. The Labute approximate surface area is 44.6 Å². The molecule has 1 unspecified atom stereocenters. The van der Waals surface area contributed by atoms with Crippen LogP contribution in [0.2, 0.25) is 0 Å². The smallest absolute Gasteiger partial charge is 0.284 e. The fraction of sp³-hybridized carbons (Fsp3) is 1.00. The first-order valence-electron chi connectivity index (χ1n) is 0.924. The minimum absolute atomic E-state index is 0. The summed E-state index contributed by atoms with van der Waals surface area (Å²) in [5.74, 6) is 0. The normalized spacial score (nSPS) is 12.3. The lowest BCUT2D eigenvalue weighted by Gasteiger charge is -1.76. The lowest BCUT2D eigenvalue weighted by Crippen LogP contribution is -1.84. The summed E-state index contributed by atoms with van der Waals surface area (Å²) in [7, 11) is 1.15. The molecule has 0 saturated heterocycles. The monoisotopic (exact) mass is 132 g/mol. The molecule has 0 radical (unpaired) electrons. The van der Waals surface area contributed by atoms with Crippen molar-refractivity contribution in [3.05, 3.63) is 0 Å². The Morgan fingerprint density at radius 1 is 1.83 bits per heavy atom. The first-order valence-corrected chi connectivity index (χ1v) is 1.96. The van der Waals surface area contributed by atoms with Gasteiger partial charge in [0.05, 0.1) is 7.11 Å². The highest BCUT2D eigenvalue weighted by Crippen LogP contribution is 1.64. The molecule has 1 N–H and O–H groups in total. The zero-order valence-electron chi connectivity index (χ0n) is 3.08. The molecule has 3 nitrogen and oxygen atoms in total. The van der Waals surface area contributed by atoms with E-state index in [0.717, 1.165) is 7.11 Å². The number of hydrogen-bond donors (Lipinski definition) is 1. The van der Waals surface area contributed by atoms with Crippen molar-refractivity contribution < 1.29 is 12.9 Å². The van der Waals surface area contributed by atoms with Gasteiger partial charge in [0.1, 0.15) is 0 Å². The topological polar surface area (TPSA) is 46.5 Å². The molecule has 0 spiro atoms. The largest absolute Gasteiger partial charge is 0.301 e. The van der Waals surface area contributed by atoms with Gasteiger partial charge in [-0.1, -0.05) is 0 Å². The summed E-state index contributed by atoms with van der Waals surface area (Å²) >= 11 is -2.07. The molecule has 0 bridgehead atoms. The number of hydrogen-bond acceptors (Lipinski definition) is 2. The average molecular weight is 133 g/mol. The standard InChI is InChI=1S/CH4O3S.ClH/c1-4-5(2)3;/h1H3,(H,2,3);1H. The molecule has 0 aliphatic rings. The van der Waals surface area contributed by atoms with Crippen LogP contribution in [0.15, 0.2) is 0 Å². The molecule has 0 aromatic carbocycles. The van der Waals surface area contributed by atoms with Crippen LogP contribution in [0, 0.1) is 0 Å². The predicted octanol–water partition coefficient (Wildman–Crippen LogP) is 0.191.